The molecule has 0 atom stereocenters. The summed E-state index contributed by atoms with van der Waals surface area (Å²) >= 11 is 1.12. The molecule has 2 heterocycles. The second-order valence-electron chi connectivity index (χ2n) is 6.39. The molecular weight excluding hydrogens is 350 g/mol. The maximum absolute atomic E-state index is 12.4. The van der Waals surface area contributed by atoms with Gasteiger partial charge in [0.1, 0.15) is 11.4 Å². The molecule has 3 aromatic rings. The summed E-state index contributed by atoms with van der Waals surface area (Å²) < 4.78 is 6.61. The van der Waals surface area contributed by atoms with Gasteiger partial charge in [-0.3, -0.25) is 4.79 Å². The Hall–Kier alpha value is -2.67. The molecule has 6 nitrogen and oxygen atoms in total. The van der Waals surface area contributed by atoms with Crippen molar-refractivity contribution in [1.82, 2.24) is 9.55 Å². The van der Waals surface area contributed by atoms with Crippen LogP contribution in [0.25, 0.3) is 10.9 Å². The van der Waals surface area contributed by atoms with Crippen LogP contribution < -0.4 is 5.32 Å². The number of nitrogens with zero attached hydrogens (tertiary/aromatic N) is 2. The number of aromatic nitrogens is 2. The zero-order chi connectivity index (χ0) is 18.8. The number of hydrogen-bond acceptors (Lipinski definition) is 5. The van der Waals surface area contributed by atoms with Gasteiger partial charge in [0.2, 0.25) is 5.91 Å². The zero-order valence-electron chi connectivity index (χ0n) is 15.2. The minimum atomic E-state index is -0.446. The first-order chi connectivity index (χ1) is 12.4. The van der Waals surface area contributed by atoms with E-state index in [2.05, 4.69) is 36.3 Å². The number of esters is 1. The molecule has 0 saturated heterocycles. The fourth-order valence-electron chi connectivity index (χ4n) is 2.76. The van der Waals surface area contributed by atoms with Gasteiger partial charge in [0.25, 0.3) is 0 Å². The maximum atomic E-state index is 12.4. The van der Waals surface area contributed by atoms with E-state index in [1.807, 2.05) is 22.9 Å². The van der Waals surface area contributed by atoms with Crippen molar-refractivity contribution in [2.45, 2.75) is 33.2 Å². The number of carbonyl (C=O) groups is 2. The van der Waals surface area contributed by atoms with Crippen LogP contribution in [0.2, 0.25) is 0 Å². The van der Waals surface area contributed by atoms with Gasteiger partial charge in [0.05, 0.1) is 12.8 Å². The Labute approximate surface area is 155 Å². The number of methoxy groups -OCH3 is 1. The number of rotatable bonds is 5. The van der Waals surface area contributed by atoms with E-state index in [4.69, 9.17) is 4.74 Å². The standard InChI is InChI=1S/C19H21N3O3S/c1-11(2)13-5-6-15-14(9-13)7-8-22(15)10-16(23)21-19-20-12(3)17(26-19)18(24)25-4/h5-9,11H,10H2,1-4H3,(H,20,21,23). The number of ether oxygens (including phenoxy) is 1. The van der Waals surface area contributed by atoms with Crippen LogP contribution in [0.5, 0.6) is 0 Å². The van der Waals surface area contributed by atoms with E-state index < -0.39 is 5.97 Å². The Bertz CT molecular complexity index is 972. The number of hydrogen-bond donors (Lipinski definition) is 1. The SMILES string of the molecule is COC(=O)c1sc(NC(=O)Cn2ccc3cc(C(C)C)ccc32)nc1C. The van der Waals surface area contributed by atoms with Gasteiger partial charge in [-0.05, 0) is 42.0 Å². The lowest BCUT2D eigenvalue weighted by molar-refractivity contribution is -0.116. The number of benzene rings is 1. The third-order valence-corrected chi connectivity index (χ3v) is 5.24. The molecule has 1 aromatic carbocycles. The number of nitrogens with one attached hydrogen (secondary N) is 1. The highest BCUT2D eigenvalue weighted by molar-refractivity contribution is 7.17. The predicted octanol–water partition coefficient (Wildman–Crippen LogP) is 3.95. The molecule has 0 radical (unpaired) electrons. The van der Waals surface area contributed by atoms with E-state index in [9.17, 15) is 9.59 Å². The summed E-state index contributed by atoms with van der Waals surface area (Å²) in [5.74, 6) is -0.179. The van der Waals surface area contributed by atoms with Gasteiger partial charge < -0.3 is 14.6 Å². The molecule has 0 fully saturated rings. The molecule has 2 aromatic heterocycles. The fourth-order valence-corrected chi connectivity index (χ4v) is 3.66. The lowest BCUT2D eigenvalue weighted by atomic mass is 10.0. The normalized spacial score (nSPS) is 11.1. The summed E-state index contributed by atoms with van der Waals surface area (Å²) in [5, 5.41) is 4.26. The molecule has 0 saturated carbocycles. The molecule has 0 aliphatic rings. The van der Waals surface area contributed by atoms with Gasteiger partial charge >= 0.3 is 5.97 Å². The zero-order valence-corrected chi connectivity index (χ0v) is 16.0. The van der Waals surface area contributed by atoms with Crippen LogP contribution in [0.4, 0.5) is 5.13 Å². The van der Waals surface area contributed by atoms with Crippen LogP contribution in [0.15, 0.2) is 30.5 Å². The van der Waals surface area contributed by atoms with Crippen LogP contribution in [-0.4, -0.2) is 28.5 Å². The molecular formula is C19H21N3O3S. The van der Waals surface area contributed by atoms with Crippen molar-refractivity contribution >= 4 is 39.2 Å². The Kier molecular flexibility index (Phi) is 5.08. The molecule has 0 bridgehead atoms. The van der Waals surface area contributed by atoms with Crippen LogP contribution in [0.1, 0.15) is 40.7 Å². The smallest absolute Gasteiger partial charge is 0.350 e. The second kappa shape index (κ2) is 7.29. The van der Waals surface area contributed by atoms with Crippen molar-refractivity contribution in [2.75, 3.05) is 12.4 Å². The van der Waals surface area contributed by atoms with E-state index in [1.54, 1.807) is 6.92 Å². The molecule has 0 spiro atoms. The third kappa shape index (κ3) is 3.62. The number of carbonyl (C=O) groups excluding carboxylic acids is 2. The lowest BCUT2D eigenvalue weighted by Crippen LogP contribution is -2.18. The van der Waals surface area contributed by atoms with Crippen LogP contribution in [0, 0.1) is 6.92 Å². The quantitative estimate of drug-likeness (QED) is 0.689. The third-order valence-electron chi connectivity index (χ3n) is 4.19. The van der Waals surface area contributed by atoms with Crippen molar-refractivity contribution in [3.63, 3.8) is 0 Å². The number of thiazole rings is 1. The number of fused-ring (bicyclic) bond motifs is 1. The van der Waals surface area contributed by atoms with E-state index >= 15 is 0 Å². The monoisotopic (exact) mass is 371 g/mol. The molecule has 1 amide bonds. The van der Waals surface area contributed by atoms with Gasteiger partial charge in [-0.2, -0.15) is 0 Å². The number of anilines is 1. The molecule has 3 rings (SSSR count). The van der Waals surface area contributed by atoms with Gasteiger partial charge in [-0.1, -0.05) is 31.3 Å². The fraction of sp³-hybridized carbons (Fsp3) is 0.316. The summed E-state index contributed by atoms with van der Waals surface area (Å²) in [4.78, 5) is 28.6. The minimum absolute atomic E-state index is 0.177. The molecule has 1 N–H and O–H groups in total. The van der Waals surface area contributed by atoms with Crippen molar-refractivity contribution in [3.05, 3.63) is 46.6 Å². The summed E-state index contributed by atoms with van der Waals surface area (Å²) in [5.41, 5.74) is 2.83. The first kappa shape index (κ1) is 18.1. The summed E-state index contributed by atoms with van der Waals surface area (Å²) in [7, 11) is 1.32. The van der Waals surface area contributed by atoms with E-state index in [1.165, 1.54) is 12.7 Å². The van der Waals surface area contributed by atoms with Crippen LogP contribution in [-0.2, 0) is 16.1 Å². The lowest BCUT2D eigenvalue weighted by Gasteiger charge is -2.08. The molecule has 0 aliphatic carbocycles. The van der Waals surface area contributed by atoms with Gasteiger partial charge in [-0.15, -0.1) is 0 Å². The van der Waals surface area contributed by atoms with Gasteiger partial charge in [0, 0.05) is 11.7 Å². The number of aryl methyl sites for hydroxylation is 1. The first-order valence-corrected chi connectivity index (χ1v) is 9.15. The maximum Gasteiger partial charge on any atom is 0.350 e. The van der Waals surface area contributed by atoms with Gasteiger partial charge in [-0.25, -0.2) is 9.78 Å². The van der Waals surface area contributed by atoms with E-state index in [0.29, 0.717) is 21.6 Å². The average molecular weight is 371 g/mol. The van der Waals surface area contributed by atoms with Crippen molar-refractivity contribution in [3.8, 4) is 0 Å². The summed E-state index contributed by atoms with van der Waals surface area (Å²) in [6, 6.07) is 8.30. The van der Waals surface area contributed by atoms with Crippen molar-refractivity contribution < 1.29 is 14.3 Å². The predicted molar refractivity (Wildman–Crippen MR) is 103 cm³/mol. The topological polar surface area (TPSA) is 73.2 Å². The molecule has 0 unspecified atom stereocenters. The molecule has 0 aliphatic heterocycles. The van der Waals surface area contributed by atoms with Crippen LogP contribution >= 0.6 is 11.3 Å². The number of amides is 1. The summed E-state index contributed by atoms with van der Waals surface area (Å²) in [6.45, 7) is 6.20. The highest BCUT2D eigenvalue weighted by atomic mass is 32.1. The first-order valence-electron chi connectivity index (χ1n) is 8.33. The van der Waals surface area contributed by atoms with E-state index in [-0.39, 0.29) is 12.5 Å². The highest BCUT2D eigenvalue weighted by Crippen LogP contribution is 2.24. The highest BCUT2D eigenvalue weighted by Gasteiger charge is 2.17. The second-order valence-corrected chi connectivity index (χ2v) is 7.39. The Morgan fingerprint density at radius 2 is 2.08 bits per heavy atom. The molecule has 136 valence electrons. The van der Waals surface area contributed by atoms with Crippen molar-refractivity contribution in [2.24, 2.45) is 0 Å². The summed E-state index contributed by atoms with van der Waals surface area (Å²) in [6.07, 6.45) is 1.90. The largest absolute Gasteiger partial charge is 0.465 e. The van der Waals surface area contributed by atoms with Crippen molar-refractivity contribution in [1.29, 1.82) is 0 Å². The van der Waals surface area contributed by atoms with E-state index in [0.717, 1.165) is 22.2 Å². The molecule has 7 heteroatoms. The van der Waals surface area contributed by atoms with Gasteiger partial charge in [0.15, 0.2) is 5.13 Å². The Morgan fingerprint density at radius 1 is 1.31 bits per heavy atom. The Morgan fingerprint density at radius 3 is 2.77 bits per heavy atom. The minimum Gasteiger partial charge on any atom is -0.465 e. The Balaban J connectivity index is 1.74. The average Bonchev–Trinajstić information content (AvgIpc) is 3.17. The van der Waals surface area contributed by atoms with Crippen LogP contribution in [0.3, 0.4) is 0 Å². The molecule has 26 heavy (non-hydrogen) atoms.